The van der Waals surface area contributed by atoms with Gasteiger partial charge in [0.2, 0.25) is 0 Å². The molecule has 2 aromatic heterocycles. The van der Waals surface area contributed by atoms with Crippen LogP contribution in [-0.2, 0) is 4.74 Å². The zero-order chi connectivity index (χ0) is 15.1. The summed E-state index contributed by atoms with van der Waals surface area (Å²) in [5.74, 6) is 0. The Morgan fingerprint density at radius 2 is 2.14 bits per heavy atom. The number of hydrogen-bond acceptors (Lipinski definition) is 9. The van der Waals surface area contributed by atoms with Crippen molar-refractivity contribution < 1.29 is 20.1 Å². The molecular formula is C10H13N5O5S. The summed E-state index contributed by atoms with van der Waals surface area (Å²) in [5.41, 5.74) is -0.318. The molecule has 3 heterocycles. The number of fused-ring (bicyclic) bond motifs is 1. The number of aliphatic hydroxyl groups excluding tert-OH is 3. The van der Waals surface area contributed by atoms with Gasteiger partial charge in [0.05, 0.1) is 6.61 Å². The van der Waals surface area contributed by atoms with Gasteiger partial charge in [0.25, 0.3) is 5.56 Å². The van der Waals surface area contributed by atoms with Crippen molar-refractivity contribution in [3.8, 4) is 0 Å². The maximum absolute atomic E-state index is 11.8. The minimum absolute atomic E-state index is 0.00390. The van der Waals surface area contributed by atoms with Crippen LogP contribution < -0.4 is 5.56 Å². The van der Waals surface area contributed by atoms with Crippen molar-refractivity contribution in [3.63, 3.8) is 0 Å². The molecule has 0 aromatic carbocycles. The van der Waals surface area contributed by atoms with Crippen molar-refractivity contribution in [3.05, 3.63) is 10.4 Å². The van der Waals surface area contributed by atoms with Gasteiger partial charge < -0.3 is 20.1 Å². The standard InChI is InChI=1S/C10H13N5O5S/c1-21-10-11-7-4(8(19)12-10)13-14-15(7)9-6(18)5(17)3(16)2-20-9/h3,5-6,9,16-18H,2H2,1H3,(H,11,12,19)/t3-,5-,6-,9-/m1/s1. The lowest BCUT2D eigenvalue weighted by atomic mass is 10.0. The first-order valence-corrected chi connectivity index (χ1v) is 7.30. The van der Waals surface area contributed by atoms with Gasteiger partial charge >= 0.3 is 0 Å². The molecule has 114 valence electrons. The molecule has 3 rings (SSSR count). The lowest BCUT2D eigenvalue weighted by Gasteiger charge is -2.34. The van der Waals surface area contributed by atoms with Gasteiger partial charge in [-0.2, -0.15) is 4.68 Å². The molecular weight excluding hydrogens is 302 g/mol. The molecule has 1 fully saturated rings. The van der Waals surface area contributed by atoms with E-state index in [0.29, 0.717) is 5.16 Å². The van der Waals surface area contributed by atoms with Crippen molar-refractivity contribution >= 4 is 22.9 Å². The second-order valence-corrected chi connectivity index (χ2v) is 5.35. The van der Waals surface area contributed by atoms with Crippen LogP contribution in [0.3, 0.4) is 0 Å². The summed E-state index contributed by atoms with van der Waals surface area (Å²) in [6, 6.07) is 0. The van der Waals surface area contributed by atoms with E-state index >= 15 is 0 Å². The van der Waals surface area contributed by atoms with Crippen LogP contribution in [0, 0.1) is 0 Å². The number of rotatable bonds is 2. The zero-order valence-corrected chi connectivity index (χ0v) is 11.7. The summed E-state index contributed by atoms with van der Waals surface area (Å²) >= 11 is 1.23. The number of aromatic amines is 1. The quantitative estimate of drug-likeness (QED) is 0.359. The second kappa shape index (κ2) is 5.35. The predicted molar refractivity (Wildman–Crippen MR) is 70.7 cm³/mol. The Kier molecular flexibility index (Phi) is 3.67. The van der Waals surface area contributed by atoms with Crippen molar-refractivity contribution in [1.82, 2.24) is 25.0 Å². The topological polar surface area (TPSA) is 146 Å². The van der Waals surface area contributed by atoms with E-state index in [9.17, 15) is 20.1 Å². The fourth-order valence-electron chi connectivity index (χ4n) is 2.09. The van der Waals surface area contributed by atoms with Crippen LogP contribution in [0.5, 0.6) is 0 Å². The average molecular weight is 315 g/mol. The van der Waals surface area contributed by atoms with E-state index in [1.807, 2.05) is 0 Å². The summed E-state index contributed by atoms with van der Waals surface area (Å²) in [4.78, 5) is 18.5. The first kappa shape index (κ1) is 14.4. The molecule has 0 spiro atoms. The fraction of sp³-hybridized carbons (Fsp3) is 0.600. The van der Waals surface area contributed by atoms with E-state index in [-0.39, 0.29) is 17.8 Å². The zero-order valence-electron chi connectivity index (χ0n) is 10.9. The van der Waals surface area contributed by atoms with E-state index in [1.165, 1.54) is 11.8 Å². The normalized spacial score (nSPS) is 29.9. The van der Waals surface area contributed by atoms with Crippen molar-refractivity contribution in [2.24, 2.45) is 0 Å². The Labute approximate surface area is 121 Å². The Hall–Kier alpha value is -1.53. The molecule has 0 unspecified atom stereocenters. The van der Waals surface area contributed by atoms with E-state index in [2.05, 4.69) is 20.3 Å². The van der Waals surface area contributed by atoms with E-state index in [1.54, 1.807) is 6.26 Å². The van der Waals surface area contributed by atoms with Crippen LogP contribution >= 0.6 is 11.8 Å². The second-order valence-electron chi connectivity index (χ2n) is 4.55. The maximum Gasteiger partial charge on any atom is 0.281 e. The first-order valence-electron chi connectivity index (χ1n) is 6.08. The highest BCUT2D eigenvalue weighted by molar-refractivity contribution is 7.98. The van der Waals surface area contributed by atoms with Crippen molar-refractivity contribution in [2.45, 2.75) is 29.7 Å². The summed E-state index contributed by atoms with van der Waals surface area (Å²) in [6.45, 7) is -0.178. The average Bonchev–Trinajstić information content (AvgIpc) is 2.89. The molecule has 0 saturated carbocycles. The Bertz CT molecular complexity index is 717. The smallest absolute Gasteiger partial charge is 0.281 e. The van der Waals surface area contributed by atoms with Gasteiger partial charge in [-0.3, -0.25) is 9.78 Å². The number of ether oxygens (including phenoxy) is 1. The summed E-state index contributed by atoms with van der Waals surface area (Å²) < 4.78 is 6.41. The first-order chi connectivity index (χ1) is 10.0. The van der Waals surface area contributed by atoms with Gasteiger partial charge in [-0.25, -0.2) is 4.98 Å². The van der Waals surface area contributed by atoms with Gasteiger partial charge in [0.1, 0.15) is 18.3 Å². The van der Waals surface area contributed by atoms with Crippen molar-refractivity contribution in [1.29, 1.82) is 0 Å². The number of aliphatic hydroxyl groups is 3. The molecule has 21 heavy (non-hydrogen) atoms. The number of thioether (sulfide) groups is 1. The van der Waals surface area contributed by atoms with Crippen LogP contribution in [0.25, 0.3) is 11.2 Å². The number of nitrogens with zero attached hydrogens (tertiary/aromatic N) is 4. The molecule has 11 heteroatoms. The third kappa shape index (κ3) is 2.32. The maximum atomic E-state index is 11.8. The highest BCUT2D eigenvalue weighted by Gasteiger charge is 2.40. The largest absolute Gasteiger partial charge is 0.388 e. The highest BCUT2D eigenvalue weighted by atomic mass is 32.2. The third-order valence-electron chi connectivity index (χ3n) is 3.22. The van der Waals surface area contributed by atoms with E-state index < -0.39 is 30.1 Å². The molecule has 1 aliphatic rings. The predicted octanol–water partition coefficient (Wildman–Crippen LogP) is -2.15. The molecule has 0 bridgehead atoms. The van der Waals surface area contributed by atoms with Gasteiger partial charge in [-0.1, -0.05) is 17.0 Å². The molecule has 4 atom stereocenters. The highest BCUT2D eigenvalue weighted by Crippen LogP contribution is 2.25. The minimum atomic E-state index is -1.42. The summed E-state index contributed by atoms with van der Waals surface area (Å²) in [7, 11) is 0. The van der Waals surface area contributed by atoms with Crippen molar-refractivity contribution in [2.75, 3.05) is 12.9 Å². The van der Waals surface area contributed by atoms with Gasteiger partial charge in [-0.15, -0.1) is 5.10 Å². The summed E-state index contributed by atoms with van der Waals surface area (Å²) in [6.07, 6.45) is -3.34. The molecule has 0 amide bonds. The molecule has 10 nitrogen and oxygen atoms in total. The SMILES string of the molecule is CSc1nc2c(nnn2[C@@H]2OC[C@@H](O)[C@@H](O)[C@H]2O)c(=O)[nH]1. The van der Waals surface area contributed by atoms with Crippen LogP contribution in [0.1, 0.15) is 6.23 Å². The van der Waals surface area contributed by atoms with Crippen LogP contribution in [0.2, 0.25) is 0 Å². The Morgan fingerprint density at radius 3 is 2.86 bits per heavy atom. The number of nitrogens with one attached hydrogen (secondary N) is 1. The molecule has 2 aromatic rings. The van der Waals surface area contributed by atoms with Gasteiger partial charge in [-0.05, 0) is 6.26 Å². The van der Waals surface area contributed by atoms with E-state index in [4.69, 9.17) is 4.74 Å². The Balaban J connectivity index is 2.08. The molecule has 1 saturated heterocycles. The lowest BCUT2D eigenvalue weighted by molar-refractivity contribution is -0.213. The molecule has 4 N–H and O–H groups in total. The van der Waals surface area contributed by atoms with Gasteiger partial charge in [0.15, 0.2) is 22.5 Å². The number of aromatic nitrogens is 5. The van der Waals surface area contributed by atoms with Crippen LogP contribution in [-0.4, -0.2) is 71.5 Å². The van der Waals surface area contributed by atoms with Crippen LogP contribution in [0.4, 0.5) is 0 Å². The number of H-pyrrole nitrogens is 1. The third-order valence-corrected chi connectivity index (χ3v) is 3.80. The Morgan fingerprint density at radius 1 is 1.38 bits per heavy atom. The summed E-state index contributed by atoms with van der Waals surface area (Å²) in [5, 5.41) is 37.0. The van der Waals surface area contributed by atoms with Gasteiger partial charge in [0, 0.05) is 0 Å². The fourth-order valence-corrected chi connectivity index (χ4v) is 2.47. The molecule has 0 radical (unpaired) electrons. The minimum Gasteiger partial charge on any atom is -0.388 e. The number of hydrogen-bond donors (Lipinski definition) is 4. The van der Waals surface area contributed by atoms with E-state index in [0.717, 1.165) is 4.68 Å². The van der Waals surface area contributed by atoms with Crippen LogP contribution in [0.15, 0.2) is 9.95 Å². The lowest BCUT2D eigenvalue weighted by Crippen LogP contribution is -2.50. The monoisotopic (exact) mass is 315 g/mol. The molecule has 1 aliphatic heterocycles. The molecule has 0 aliphatic carbocycles.